The van der Waals surface area contributed by atoms with E-state index in [0.29, 0.717) is 12.0 Å². The van der Waals surface area contributed by atoms with Crippen molar-refractivity contribution in [1.29, 1.82) is 0 Å². The molecule has 2 heterocycles. The van der Waals surface area contributed by atoms with Crippen molar-refractivity contribution in [3.63, 3.8) is 0 Å². The molecule has 0 spiro atoms. The van der Waals surface area contributed by atoms with E-state index in [9.17, 15) is 0 Å². The highest BCUT2D eigenvalue weighted by Gasteiger charge is 2.24. The van der Waals surface area contributed by atoms with Gasteiger partial charge in [0.25, 0.3) is 0 Å². The van der Waals surface area contributed by atoms with Crippen molar-refractivity contribution in [3.8, 4) is 0 Å². The van der Waals surface area contributed by atoms with Gasteiger partial charge in [-0.15, -0.1) is 0 Å². The molecule has 4 heteroatoms. The first-order valence-electron chi connectivity index (χ1n) is 6.31. The Hall–Kier alpha value is -1.16. The molecule has 0 radical (unpaired) electrons. The van der Waals surface area contributed by atoms with Crippen molar-refractivity contribution in [1.82, 2.24) is 9.97 Å². The number of nitrogens with zero attached hydrogens (tertiary/aromatic N) is 3. The van der Waals surface area contributed by atoms with Crippen molar-refractivity contribution in [2.24, 2.45) is 5.92 Å². The summed E-state index contributed by atoms with van der Waals surface area (Å²) in [6, 6.07) is 2.43. The van der Waals surface area contributed by atoms with E-state index in [0.717, 1.165) is 37.8 Å². The summed E-state index contributed by atoms with van der Waals surface area (Å²) in [4.78, 5) is 11.0. The fourth-order valence-corrected chi connectivity index (χ4v) is 2.30. The van der Waals surface area contributed by atoms with Crippen molar-refractivity contribution in [2.45, 2.75) is 33.2 Å². The Labute approximate surface area is 103 Å². The molecular formula is C13H21N3O. The van der Waals surface area contributed by atoms with Crippen LogP contribution in [0.2, 0.25) is 0 Å². The monoisotopic (exact) mass is 235 g/mol. The topological polar surface area (TPSA) is 38.2 Å². The Morgan fingerprint density at radius 2 is 2.35 bits per heavy atom. The van der Waals surface area contributed by atoms with E-state index >= 15 is 0 Å². The number of anilines is 1. The van der Waals surface area contributed by atoms with Crippen LogP contribution in [0.4, 0.5) is 5.82 Å². The van der Waals surface area contributed by atoms with E-state index in [1.165, 1.54) is 0 Å². The first-order valence-corrected chi connectivity index (χ1v) is 6.31. The summed E-state index contributed by atoms with van der Waals surface area (Å²) in [6.07, 6.45) is 2.97. The Bertz CT molecular complexity index is 367. The molecule has 1 atom stereocenters. The van der Waals surface area contributed by atoms with Crippen LogP contribution >= 0.6 is 0 Å². The van der Waals surface area contributed by atoms with Crippen LogP contribution in [0, 0.1) is 12.8 Å². The highest BCUT2D eigenvalue weighted by atomic mass is 16.5. The standard InChI is InChI=1S/C13H21N3O/c1-10(2)8-12-9-17-7-6-16(12)13-4-5-14-11(3)15-13/h4-5,10,12H,6-9H2,1-3H3/t12-/m1/s1. The summed E-state index contributed by atoms with van der Waals surface area (Å²) in [7, 11) is 0. The van der Waals surface area contributed by atoms with Gasteiger partial charge in [0.1, 0.15) is 11.6 Å². The predicted octanol–water partition coefficient (Wildman–Crippen LogP) is 2.04. The molecule has 0 aliphatic carbocycles. The summed E-state index contributed by atoms with van der Waals surface area (Å²) < 4.78 is 5.58. The second-order valence-corrected chi connectivity index (χ2v) is 5.01. The minimum absolute atomic E-state index is 0.443. The van der Waals surface area contributed by atoms with Gasteiger partial charge < -0.3 is 9.64 Å². The number of aromatic nitrogens is 2. The third-order valence-electron chi connectivity index (χ3n) is 3.03. The molecule has 17 heavy (non-hydrogen) atoms. The lowest BCUT2D eigenvalue weighted by Crippen LogP contribution is -2.46. The SMILES string of the molecule is Cc1nccc(N2CCOC[C@H]2CC(C)C)n1. The molecule has 1 aromatic heterocycles. The van der Waals surface area contributed by atoms with Gasteiger partial charge in [-0.1, -0.05) is 13.8 Å². The maximum absolute atomic E-state index is 5.58. The Morgan fingerprint density at radius 1 is 1.53 bits per heavy atom. The van der Waals surface area contributed by atoms with Crippen molar-refractivity contribution >= 4 is 5.82 Å². The maximum Gasteiger partial charge on any atom is 0.132 e. The van der Waals surface area contributed by atoms with Crippen LogP contribution in [0.5, 0.6) is 0 Å². The van der Waals surface area contributed by atoms with E-state index < -0.39 is 0 Å². The molecule has 94 valence electrons. The first-order chi connectivity index (χ1) is 8.16. The van der Waals surface area contributed by atoms with E-state index in [4.69, 9.17) is 4.74 Å². The lowest BCUT2D eigenvalue weighted by Gasteiger charge is -2.37. The zero-order valence-corrected chi connectivity index (χ0v) is 10.9. The number of hydrogen-bond donors (Lipinski definition) is 0. The summed E-state index contributed by atoms with van der Waals surface area (Å²) >= 11 is 0. The minimum atomic E-state index is 0.443. The quantitative estimate of drug-likeness (QED) is 0.803. The molecule has 1 saturated heterocycles. The van der Waals surface area contributed by atoms with Crippen LogP contribution in [0.25, 0.3) is 0 Å². The summed E-state index contributed by atoms with van der Waals surface area (Å²) in [5.74, 6) is 2.54. The second-order valence-electron chi connectivity index (χ2n) is 5.01. The van der Waals surface area contributed by atoms with Crippen LogP contribution in [0.3, 0.4) is 0 Å². The van der Waals surface area contributed by atoms with Crippen LogP contribution in [-0.2, 0) is 4.74 Å². The van der Waals surface area contributed by atoms with Crippen LogP contribution < -0.4 is 4.90 Å². The minimum Gasteiger partial charge on any atom is -0.377 e. The normalized spacial score (nSPS) is 20.9. The van der Waals surface area contributed by atoms with Crippen molar-refractivity contribution in [2.75, 3.05) is 24.7 Å². The van der Waals surface area contributed by atoms with Crippen LogP contribution in [0.1, 0.15) is 26.1 Å². The molecule has 1 aromatic rings. The average molecular weight is 235 g/mol. The third-order valence-corrected chi connectivity index (χ3v) is 3.03. The molecule has 0 N–H and O–H groups in total. The van der Waals surface area contributed by atoms with E-state index in [2.05, 4.69) is 28.7 Å². The molecule has 1 aliphatic heterocycles. The molecule has 0 unspecified atom stereocenters. The van der Waals surface area contributed by atoms with E-state index in [1.807, 2.05) is 19.2 Å². The van der Waals surface area contributed by atoms with Crippen molar-refractivity contribution in [3.05, 3.63) is 18.1 Å². The predicted molar refractivity (Wildman–Crippen MR) is 68.2 cm³/mol. The number of ether oxygens (including phenoxy) is 1. The Balaban J connectivity index is 2.15. The van der Waals surface area contributed by atoms with Gasteiger partial charge >= 0.3 is 0 Å². The van der Waals surface area contributed by atoms with Crippen LogP contribution in [-0.4, -0.2) is 35.8 Å². The van der Waals surface area contributed by atoms with E-state index in [-0.39, 0.29) is 0 Å². The zero-order chi connectivity index (χ0) is 12.3. The highest BCUT2D eigenvalue weighted by molar-refractivity contribution is 5.39. The molecule has 0 aromatic carbocycles. The zero-order valence-electron chi connectivity index (χ0n) is 10.9. The second kappa shape index (κ2) is 5.45. The van der Waals surface area contributed by atoms with Gasteiger partial charge in [-0.25, -0.2) is 9.97 Å². The highest BCUT2D eigenvalue weighted by Crippen LogP contribution is 2.21. The number of morpholine rings is 1. The molecule has 2 rings (SSSR count). The van der Waals surface area contributed by atoms with Gasteiger partial charge in [-0.3, -0.25) is 0 Å². The fraction of sp³-hybridized carbons (Fsp3) is 0.692. The van der Waals surface area contributed by atoms with Crippen molar-refractivity contribution < 1.29 is 4.74 Å². The van der Waals surface area contributed by atoms with E-state index in [1.54, 1.807) is 0 Å². The molecule has 0 bridgehead atoms. The van der Waals surface area contributed by atoms with Gasteiger partial charge in [0.15, 0.2) is 0 Å². The Morgan fingerprint density at radius 3 is 3.06 bits per heavy atom. The van der Waals surface area contributed by atoms with Gasteiger partial charge in [0, 0.05) is 12.7 Å². The summed E-state index contributed by atoms with van der Waals surface area (Å²) in [6.45, 7) is 8.95. The van der Waals surface area contributed by atoms with Gasteiger partial charge in [-0.2, -0.15) is 0 Å². The lowest BCUT2D eigenvalue weighted by atomic mass is 10.0. The molecule has 1 aliphatic rings. The summed E-state index contributed by atoms with van der Waals surface area (Å²) in [5, 5.41) is 0. The van der Waals surface area contributed by atoms with Gasteiger partial charge in [-0.05, 0) is 25.3 Å². The summed E-state index contributed by atoms with van der Waals surface area (Å²) in [5.41, 5.74) is 0. The molecular weight excluding hydrogens is 214 g/mol. The number of rotatable bonds is 3. The average Bonchev–Trinajstić information content (AvgIpc) is 2.29. The molecule has 1 fully saturated rings. The fourth-order valence-electron chi connectivity index (χ4n) is 2.30. The molecule has 4 nitrogen and oxygen atoms in total. The third kappa shape index (κ3) is 3.16. The number of aryl methyl sites for hydroxylation is 1. The lowest BCUT2D eigenvalue weighted by molar-refractivity contribution is 0.0873. The first kappa shape index (κ1) is 12.3. The smallest absolute Gasteiger partial charge is 0.132 e. The Kier molecular flexibility index (Phi) is 3.94. The number of hydrogen-bond acceptors (Lipinski definition) is 4. The largest absolute Gasteiger partial charge is 0.377 e. The molecule has 0 amide bonds. The molecule has 0 saturated carbocycles. The van der Waals surface area contributed by atoms with Crippen LogP contribution in [0.15, 0.2) is 12.3 Å². The maximum atomic E-state index is 5.58. The van der Waals surface area contributed by atoms with Gasteiger partial charge in [0.05, 0.1) is 19.3 Å². The van der Waals surface area contributed by atoms with Gasteiger partial charge in [0.2, 0.25) is 0 Å².